The third-order valence-corrected chi connectivity index (χ3v) is 4.28. The van der Waals surface area contributed by atoms with E-state index >= 15 is 0 Å². The van der Waals surface area contributed by atoms with Gasteiger partial charge in [0.25, 0.3) is 0 Å². The van der Waals surface area contributed by atoms with Crippen LogP contribution in [0.4, 0.5) is 0 Å². The van der Waals surface area contributed by atoms with Crippen molar-refractivity contribution < 1.29 is 5.11 Å². The van der Waals surface area contributed by atoms with Crippen LogP contribution < -0.4 is 0 Å². The molecule has 4 rings (SSSR count). The van der Waals surface area contributed by atoms with Gasteiger partial charge in [-0.05, 0) is 44.3 Å². The minimum atomic E-state index is 0.257. The molecule has 1 aliphatic rings. The molecule has 1 fully saturated rings. The largest absolute Gasteiger partial charge is 0.508 e. The minimum absolute atomic E-state index is 0.257. The maximum Gasteiger partial charge on any atom is 0.160 e. The topological polar surface area (TPSA) is 54.2 Å². The molecule has 22 heavy (non-hydrogen) atoms. The fraction of sp³-hybridized carbons (Fsp3) is 0.294. The first-order valence-corrected chi connectivity index (χ1v) is 7.53. The maximum atomic E-state index is 9.79. The number of aromatic nitrogens is 3. The smallest absolute Gasteiger partial charge is 0.160 e. The zero-order chi connectivity index (χ0) is 15.1. The summed E-state index contributed by atoms with van der Waals surface area (Å²) in [5.41, 5.74) is 2.74. The van der Waals surface area contributed by atoms with Crippen LogP contribution >= 0.6 is 0 Å². The normalized spacial score (nSPS) is 19.0. The van der Waals surface area contributed by atoms with E-state index in [4.69, 9.17) is 4.98 Å². The van der Waals surface area contributed by atoms with Crippen LogP contribution in [0.15, 0.2) is 42.6 Å². The molecule has 3 aromatic rings. The van der Waals surface area contributed by atoms with E-state index in [1.54, 1.807) is 12.1 Å². The zero-order valence-electron chi connectivity index (χ0n) is 12.5. The second-order valence-electron chi connectivity index (χ2n) is 5.91. The van der Waals surface area contributed by atoms with Gasteiger partial charge in [-0.15, -0.1) is 0 Å². The number of phenols is 1. The summed E-state index contributed by atoms with van der Waals surface area (Å²) in [7, 11) is 2.14. The Labute approximate surface area is 128 Å². The van der Waals surface area contributed by atoms with E-state index in [0.29, 0.717) is 6.04 Å². The SMILES string of the molecule is CN1CCC(n2c(-c3cccc(O)c3)nc3cccnc32)C1. The summed E-state index contributed by atoms with van der Waals surface area (Å²) in [5.74, 6) is 1.14. The number of fused-ring (bicyclic) bond motifs is 1. The van der Waals surface area contributed by atoms with Crippen molar-refractivity contribution in [2.24, 2.45) is 0 Å². The van der Waals surface area contributed by atoms with Gasteiger partial charge in [-0.25, -0.2) is 9.97 Å². The van der Waals surface area contributed by atoms with Gasteiger partial charge in [0.2, 0.25) is 0 Å². The molecule has 2 aromatic heterocycles. The zero-order valence-corrected chi connectivity index (χ0v) is 12.5. The van der Waals surface area contributed by atoms with Gasteiger partial charge in [0.15, 0.2) is 5.65 Å². The van der Waals surface area contributed by atoms with Gasteiger partial charge in [0, 0.05) is 18.3 Å². The van der Waals surface area contributed by atoms with Crippen molar-refractivity contribution in [2.75, 3.05) is 20.1 Å². The number of likely N-dealkylation sites (tertiary alicyclic amines) is 1. The van der Waals surface area contributed by atoms with E-state index in [-0.39, 0.29) is 5.75 Å². The maximum absolute atomic E-state index is 9.79. The molecule has 0 amide bonds. The summed E-state index contributed by atoms with van der Waals surface area (Å²) in [4.78, 5) is 11.6. The first-order valence-electron chi connectivity index (χ1n) is 7.53. The predicted octanol–water partition coefficient (Wildman–Crippen LogP) is 2.68. The van der Waals surface area contributed by atoms with Crippen LogP contribution in [0, 0.1) is 0 Å². The first-order chi connectivity index (χ1) is 10.7. The van der Waals surface area contributed by atoms with Gasteiger partial charge in [0.05, 0.1) is 6.04 Å². The molecular weight excluding hydrogens is 276 g/mol. The highest BCUT2D eigenvalue weighted by molar-refractivity contribution is 5.77. The molecule has 1 aromatic carbocycles. The lowest BCUT2D eigenvalue weighted by molar-refractivity contribution is 0.395. The van der Waals surface area contributed by atoms with Crippen molar-refractivity contribution in [1.29, 1.82) is 0 Å². The highest BCUT2D eigenvalue weighted by Crippen LogP contribution is 2.32. The number of aromatic hydroxyl groups is 1. The summed E-state index contributed by atoms with van der Waals surface area (Å²) in [6.07, 6.45) is 2.90. The lowest BCUT2D eigenvalue weighted by atomic mass is 10.2. The van der Waals surface area contributed by atoms with Gasteiger partial charge in [-0.2, -0.15) is 0 Å². The van der Waals surface area contributed by atoms with Crippen LogP contribution in [-0.4, -0.2) is 44.7 Å². The molecule has 1 saturated heterocycles. The van der Waals surface area contributed by atoms with Crippen LogP contribution in [0.3, 0.4) is 0 Å². The molecule has 0 radical (unpaired) electrons. The number of hydrogen-bond donors (Lipinski definition) is 1. The Hall–Kier alpha value is -2.40. The van der Waals surface area contributed by atoms with Crippen molar-refractivity contribution in [3.05, 3.63) is 42.6 Å². The number of phenolic OH excluding ortho intramolecular Hbond substituents is 1. The van der Waals surface area contributed by atoms with Gasteiger partial charge in [-0.1, -0.05) is 12.1 Å². The van der Waals surface area contributed by atoms with E-state index in [1.165, 1.54) is 0 Å². The molecular formula is C17H18N4O. The molecule has 5 nitrogen and oxygen atoms in total. The summed E-state index contributed by atoms with van der Waals surface area (Å²) in [6, 6.07) is 11.5. The molecule has 1 N–H and O–H groups in total. The van der Waals surface area contributed by atoms with Crippen LogP contribution in [0.1, 0.15) is 12.5 Å². The molecule has 0 spiro atoms. The summed E-state index contributed by atoms with van der Waals surface area (Å²) < 4.78 is 2.23. The second kappa shape index (κ2) is 5.10. The molecule has 112 valence electrons. The number of pyridine rings is 1. The lowest BCUT2D eigenvalue weighted by Gasteiger charge is -2.16. The van der Waals surface area contributed by atoms with Crippen LogP contribution in [0.5, 0.6) is 5.75 Å². The van der Waals surface area contributed by atoms with E-state index in [0.717, 1.165) is 42.1 Å². The highest BCUT2D eigenvalue weighted by atomic mass is 16.3. The van der Waals surface area contributed by atoms with Gasteiger partial charge in [-0.3, -0.25) is 0 Å². The highest BCUT2D eigenvalue weighted by Gasteiger charge is 2.26. The van der Waals surface area contributed by atoms with E-state index < -0.39 is 0 Å². The van der Waals surface area contributed by atoms with E-state index in [2.05, 4.69) is 21.5 Å². The van der Waals surface area contributed by atoms with Gasteiger partial charge in [0.1, 0.15) is 17.1 Å². The molecule has 3 heterocycles. The van der Waals surface area contributed by atoms with Crippen molar-refractivity contribution in [2.45, 2.75) is 12.5 Å². The van der Waals surface area contributed by atoms with Crippen molar-refractivity contribution in [1.82, 2.24) is 19.4 Å². The third-order valence-electron chi connectivity index (χ3n) is 4.28. The van der Waals surface area contributed by atoms with Crippen LogP contribution in [0.2, 0.25) is 0 Å². The summed E-state index contributed by atoms with van der Waals surface area (Å²) in [6.45, 7) is 2.07. The number of likely N-dealkylation sites (N-methyl/N-ethyl adjacent to an activating group) is 1. The number of rotatable bonds is 2. The number of benzene rings is 1. The quantitative estimate of drug-likeness (QED) is 0.789. The Morgan fingerprint density at radius 1 is 1.23 bits per heavy atom. The monoisotopic (exact) mass is 294 g/mol. The van der Waals surface area contributed by atoms with Crippen molar-refractivity contribution >= 4 is 11.2 Å². The summed E-state index contributed by atoms with van der Waals surface area (Å²) >= 11 is 0. The van der Waals surface area contributed by atoms with Crippen LogP contribution in [0.25, 0.3) is 22.6 Å². The molecule has 1 atom stereocenters. The Morgan fingerprint density at radius 3 is 2.91 bits per heavy atom. The third kappa shape index (κ3) is 2.14. The van der Waals surface area contributed by atoms with E-state index in [1.807, 2.05) is 30.5 Å². The second-order valence-corrected chi connectivity index (χ2v) is 5.91. The Morgan fingerprint density at radius 2 is 2.14 bits per heavy atom. The molecule has 0 aliphatic carbocycles. The molecule has 0 bridgehead atoms. The van der Waals surface area contributed by atoms with E-state index in [9.17, 15) is 5.11 Å². The average molecular weight is 294 g/mol. The Bertz CT molecular complexity index is 826. The fourth-order valence-electron chi connectivity index (χ4n) is 3.25. The predicted molar refractivity (Wildman–Crippen MR) is 85.8 cm³/mol. The fourth-order valence-corrected chi connectivity index (χ4v) is 3.25. The number of imidazole rings is 1. The van der Waals surface area contributed by atoms with Gasteiger partial charge >= 0.3 is 0 Å². The molecule has 1 aliphatic heterocycles. The van der Waals surface area contributed by atoms with Crippen molar-refractivity contribution in [3.63, 3.8) is 0 Å². The van der Waals surface area contributed by atoms with Crippen molar-refractivity contribution in [3.8, 4) is 17.1 Å². The number of nitrogens with zero attached hydrogens (tertiary/aromatic N) is 4. The first kappa shape index (κ1) is 13.3. The molecule has 0 saturated carbocycles. The minimum Gasteiger partial charge on any atom is -0.508 e. The standard InChI is InChI=1S/C17H18N4O/c1-20-9-7-13(11-20)21-16(12-4-2-5-14(22)10-12)19-15-6-3-8-18-17(15)21/h2-6,8,10,13,22H,7,9,11H2,1H3. The van der Waals surface area contributed by atoms with Gasteiger partial charge < -0.3 is 14.6 Å². The Balaban J connectivity index is 1.93. The Kier molecular flexibility index (Phi) is 3.08. The lowest BCUT2D eigenvalue weighted by Crippen LogP contribution is -2.17. The molecule has 1 unspecified atom stereocenters. The van der Waals surface area contributed by atoms with Crippen LogP contribution in [-0.2, 0) is 0 Å². The molecule has 5 heteroatoms. The average Bonchev–Trinajstić information content (AvgIpc) is 3.10. The summed E-state index contributed by atoms with van der Waals surface area (Å²) in [5, 5.41) is 9.79. The number of hydrogen-bond acceptors (Lipinski definition) is 4.